The highest BCUT2D eigenvalue weighted by Crippen LogP contribution is 2.21. The van der Waals surface area contributed by atoms with E-state index in [0.717, 1.165) is 42.8 Å². The number of hydrogen-bond acceptors (Lipinski definition) is 5. The molecule has 0 radical (unpaired) electrons. The molecule has 0 aliphatic carbocycles. The molecule has 1 N–H and O–H groups in total. The lowest BCUT2D eigenvalue weighted by Crippen LogP contribution is -2.34. The summed E-state index contributed by atoms with van der Waals surface area (Å²) in [5.41, 5.74) is 0.864. The van der Waals surface area contributed by atoms with E-state index in [1.165, 1.54) is 12.1 Å². The quantitative estimate of drug-likeness (QED) is 0.262. The molecule has 1 aliphatic rings. The molecule has 1 fully saturated rings. The lowest BCUT2D eigenvalue weighted by atomic mass is 10.1. The number of unbranched alkanes of at least 4 members (excludes halogenated alkanes) is 1. The molecule has 0 bridgehead atoms. The van der Waals surface area contributed by atoms with Crippen LogP contribution in [0.25, 0.3) is 0 Å². The van der Waals surface area contributed by atoms with Gasteiger partial charge in [0.1, 0.15) is 5.82 Å². The predicted molar refractivity (Wildman–Crippen MR) is 122 cm³/mol. The zero-order chi connectivity index (χ0) is 22.5. The van der Waals surface area contributed by atoms with Gasteiger partial charge in [0.05, 0.1) is 18.8 Å². The molecule has 0 saturated carbocycles. The number of carbonyl (C=O) groups excluding carboxylic acids is 2. The number of amides is 1. The molecule has 5 nitrogen and oxygen atoms in total. The third kappa shape index (κ3) is 9.87. The van der Waals surface area contributed by atoms with Crippen LogP contribution in [0.4, 0.5) is 4.39 Å². The van der Waals surface area contributed by atoms with Gasteiger partial charge in [0.15, 0.2) is 0 Å². The predicted octanol–water partition coefficient (Wildman–Crippen LogP) is 4.13. The Bertz CT molecular complexity index is 710. The molecule has 1 aromatic rings. The van der Waals surface area contributed by atoms with Gasteiger partial charge in [-0.1, -0.05) is 37.6 Å². The normalized spacial score (nSPS) is 17.5. The first kappa shape index (κ1) is 25.4. The van der Waals surface area contributed by atoms with Crippen LogP contribution in [-0.2, 0) is 20.7 Å². The standard InChI is InChI=1S/C24H34FNO4S/c1-2-3-15-30-24(29)5-4-16-31-17-14-26-21(11-13-23(26)28)10-12-22(27)18-19-6-8-20(25)9-7-19/h6-10,12,21-22,27H,2-5,11,13-18H2,1H3/b12-10+/t21-,22+/m0/s1. The lowest BCUT2D eigenvalue weighted by molar-refractivity contribution is -0.143. The highest BCUT2D eigenvalue weighted by Gasteiger charge is 2.28. The monoisotopic (exact) mass is 451 g/mol. The Balaban J connectivity index is 1.66. The van der Waals surface area contributed by atoms with Crippen LogP contribution in [0.2, 0.25) is 0 Å². The lowest BCUT2D eigenvalue weighted by Gasteiger charge is -2.22. The van der Waals surface area contributed by atoms with Crippen molar-refractivity contribution in [1.82, 2.24) is 4.90 Å². The molecule has 1 amide bonds. The van der Waals surface area contributed by atoms with Crippen molar-refractivity contribution < 1.29 is 23.8 Å². The van der Waals surface area contributed by atoms with E-state index in [1.807, 2.05) is 11.0 Å². The van der Waals surface area contributed by atoms with Crippen LogP contribution < -0.4 is 0 Å². The molecule has 0 spiro atoms. The molecule has 0 unspecified atom stereocenters. The molecule has 0 aromatic heterocycles. The van der Waals surface area contributed by atoms with Crippen molar-refractivity contribution in [2.24, 2.45) is 0 Å². The Morgan fingerprint density at radius 1 is 1.32 bits per heavy atom. The number of ether oxygens (including phenoxy) is 1. The number of rotatable bonds is 14. The number of carbonyl (C=O) groups is 2. The maximum absolute atomic E-state index is 13.0. The van der Waals surface area contributed by atoms with Crippen molar-refractivity contribution in [2.45, 2.75) is 64.0 Å². The van der Waals surface area contributed by atoms with Crippen molar-refractivity contribution >= 4 is 23.6 Å². The Morgan fingerprint density at radius 3 is 2.84 bits per heavy atom. The first-order chi connectivity index (χ1) is 15.0. The van der Waals surface area contributed by atoms with Gasteiger partial charge in [0.25, 0.3) is 0 Å². The van der Waals surface area contributed by atoms with E-state index in [4.69, 9.17) is 4.74 Å². The number of benzene rings is 1. The van der Waals surface area contributed by atoms with Crippen LogP contribution in [0.1, 0.15) is 51.0 Å². The second-order valence-corrected chi connectivity index (χ2v) is 8.99. The van der Waals surface area contributed by atoms with Crippen LogP contribution in [-0.4, -0.2) is 58.7 Å². The number of hydrogen-bond donors (Lipinski definition) is 1. The minimum atomic E-state index is -0.672. The maximum Gasteiger partial charge on any atom is 0.305 e. The average molecular weight is 452 g/mol. The van der Waals surface area contributed by atoms with Crippen LogP contribution >= 0.6 is 11.8 Å². The Labute approximate surface area is 189 Å². The van der Waals surface area contributed by atoms with Gasteiger partial charge in [-0.25, -0.2) is 4.39 Å². The van der Waals surface area contributed by atoms with Crippen LogP contribution in [0, 0.1) is 5.82 Å². The third-order valence-electron chi connectivity index (χ3n) is 5.20. The largest absolute Gasteiger partial charge is 0.466 e. The molecular formula is C24H34FNO4S. The molecule has 1 aromatic carbocycles. The third-order valence-corrected chi connectivity index (χ3v) is 6.24. The topological polar surface area (TPSA) is 66.8 Å². The van der Waals surface area contributed by atoms with Gasteiger partial charge in [-0.05, 0) is 42.7 Å². The van der Waals surface area contributed by atoms with E-state index in [1.54, 1.807) is 30.0 Å². The first-order valence-corrected chi connectivity index (χ1v) is 12.3. The zero-order valence-electron chi connectivity index (χ0n) is 18.3. The van der Waals surface area contributed by atoms with Crippen molar-refractivity contribution in [3.8, 4) is 0 Å². The highest BCUT2D eigenvalue weighted by molar-refractivity contribution is 7.99. The van der Waals surface area contributed by atoms with Crippen molar-refractivity contribution in [3.05, 3.63) is 47.8 Å². The first-order valence-electron chi connectivity index (χ1n) is 11.1. The minimum absolute atomic E-state index is 0.00418. The van der Waals surface area contributed by atoms with E-state index in [2.05, 4.69) is 6.92 Å². The molecule has 1 saturated heterocycles. The molecule has 2 rings (SSSR count). The van der Waals surface area contributed by atoms with E-state index in [9.17, 15) is 19.1 Å². The van der Waals surface area contributed by atoms with Crippen LogP contribution in [0.5, 0.6) is 0 Å². The summed E-state index contributed by atoms with van der Waals surface area (Å²) in [4.78, 5) is 25.7. The second kappa shape index (κ2) is 14.2. The van der Waals surface area contributed by atoms with Gasteiger partial charge in [-0.3, -0.25) is 9.59 Å². The van der Waals surface area contributed by atoms with Gasteiger partial charge in [0.2, 0.25) is 5.91 Å². The zero-order valence-corrected chi connectivity index (χ0v) is 19.1. The molecular weight excluding hydrogens is 417 g/mol. The van der Waals surface area contributed by atoms with Crippen LogP contribution in [0.3, 0.4) is 0 Å². The maximum atomic E-state index is 13.0. The summed E-state index contributed by atoms with van der Waals surface area (Å²) in [6, 6.07) is 6.11. The van der Waals surface area contributed by atoms with Gasteiger partial charge in [-0.2, -0.15) is 11.8 Å². The van der Waals surface area contributed by atoms with Crippen molar-refractivity contribution in [2.75, 3.05) is 24.7 Å². The van der Waals surface area contributed by atoms with Gasteiger partial charge in [-0.15, -0.1) is 0 Å². The Hall–Kier alpha value is -1.86. The number of likely N-dealkylation sites (tertiary alicyclic amines) is 1. The summed E-state index contributed by atoms with van der Waals surface area (Å²) in [6.45, 7) is 3.23. The van der Waals surface area contributed by atoms with Gasteiger partial charge < -0.3 is 14.7 Å². The smallest absolute Gasteiger partial charge is 0.305 e. The molecule has 31 heavy (non-hydrogen) atoms. The fourth-order valence-corrected chi connectivity index (χ4v) is 4.30. The molecule has 1 heterocycles. The Kier molecular flexibility index (Phi) is 11.7. The number of thioether (sulfide) groups is 1. The van der Waals surface area contributed by atoms with Gasteiger partial charge >= 0.3 is 5.97 Å². The number of halogens is 1. The van der Waals surface area contributed by atoms with E-state index in [0.29, 0.717) is 32.4 Å². The fourth-order valence-electron chi connectivity index (χ4n) is 3.42. The SMILES string of the molecule is CCCCOC(=O)CCCSCCN1C(=O)CC[C@@H]1/C=C/[C@@H](O)Cc1ccc(F)cc1. The second-order valence-electron chi connectivity index (χ2n) is 7.77. The Morgan fingerprint density at radius 2 is 2.10 bits per heavy atom. The number of nitrogens with zero attached hydrogens (tertiary/aromatic N) is 1. The highest BCUT2D eigenvalue weighted by atomic mass is 32.2. The summed E-state index contributed by atoms with van der Waals surface area (Å²) in [5.74, 6) is 1.40. The van der Waals surface area contributed by atoms with Crippen molar-refractivity contribution in [3.63, 3.8) is 0 Å². The molecule has 172 valence electrons. The summed E-state index contributed by atoms with van der Waals surface area (Å²) < 4.78 is 18.1. The van der Waals surface area contributed by atoms with Crippen molar-refractivity contribution in [1.29, 1.82) is 0 Å². The summed E-state index contributed by atoms with van der Waals surface area (Å²) in [7, 11) is 0. The average Bonchev–Trinajstić information content (AvgIpc) is 3.10. The van der Waals surface area contributed by atoms with E-state index < -0.39 is 6.10 Å². The van der Waals surface area contributed by atoms with Crippen LogP contribution in [0.15, 0.2) is 36.4 Å². The summed E-state index contributed by atoms with van der Waals surface area (Å²) in [6.07, 6.45) is 7.81. The number of aliphatic hydroxyl groups is 1. The van der Waals surface area contributed by atoms with Gasteiger partial charge in [0, 0.05) is 31.6 Å². The minimum Gasteiger partial charge on any atom is -0.466 e. The molecule has 1 aliphatic heterocycles. The fraction of sp³-hybridized carbons (Fsp3) is 0.583. The summed E-state index contributed by atoms with van der Waals surface area (Å²) >= 11 is 1.74. The molecule has 2 atom stereocenters. The summed E-state index contributed by atoms with van der Waals surface area (Å²) in [5, 5.41) is 10.2. The number of esters is 1. The van der Waals surface area contributed by atoms with E-state index in [-0.39, 0.29) is 23.7 Å². The molecule has 7 heteroatoms. The van der Waals surface area contributed by atoms with E-state index >= 15 is 0 Å². The number of aliphatic hydroxyl groups excluding tert-OH is 1.